The maximum Gasteiger partial charge on any atom is 0.251 e. The Kier molecular flexibility index (Phi) is 3.60. The van der Waals surface area contributed by atoms with Gasteiger partial charge in [0, 0.05) is 18.2 Å². The number of benzene rings is 2. The molecule has 19 heavy (non-hydrogen) atoms. The van der Waals surface area contributed by atoms with Gasteiger partial charge in [-0.3, -0.25) is 4.79 Å². The minimum atomic E-state index is -0.504. The molecule has 0 heterocycles. The number of rotatable bonds is 2. The van der Waals surface area contributed by atoms with E-state index in [2.05, 4.69) is 5.32 Å². The monoisotopic (exact) mass is 261 g/mol. The quantitative estimate of drug-likeness (QED) is 0.883. The van der Waals surface area contributed by atoms with Crippen molar-refractivity contribution in [2.45, 2.75) is 6.92 Å². The Morgan fingerprint density at radius 1 is 1.05 bits per heavy atom. The predicted molar refractivity (Wildman–Crippen MR) is 69.9 cm³/mol. The van der Waals surface area contributed by atoms with E-state index in [1.807, 2.05) is 0 Å². The van der Waals surface area contributed by atoms with E-state index in [4.69, 9.17) is 0 Å². The molecule has 0 bridgehead atoms. The van der Waals surface area contributed by atoms with E-state index in [0.29, 0.717) is 16.7 Å². The first-order valence-corrected chi connectivity index (χ1v) is 5.81. The first-order valence-electron chi connectivity index (χ1n) is 5.81. The molecule has 0 unspecified atom stereocenters. The van der Waals surface area contributed by atoms with E-state index in [0.717, 1.165) is 0 Å². The number of amides is 1. The molecule has 0 saturated carbocycles. The van der Waals surface area contributed by atoms with Gasteiger partial charge in [0.25, 0.3) is 5.91 Å². The Bertz CT molecular complexity index is 638. The van der Waals surface area contributed by atoms with Gasteiger partial charge in [-0.25, -0.2) is 8.78 Å². The molecule has 0 fully saturated rings. The fraction of sp³-hybridized carbons (Fsp3) is 0.133. The van der Waals surface area contributed by atoms with Crippen LogP contribution in [-0.4, -0.2) is 13.0 Å². The van der Waals surface area contributed by atoms with Gasteiger partial charge >= 0.3 is 0 Å². The second-order valence-electron chi connectivity index (χ2n) is 4.23. The fourth-order valence-corrected chi connectivity index (χ4v) is 1.95. The van der Waals surface area contributed by atoms with E-state index < -0.39 is 5.82 Å². The van der Waals surface area contributed by atoms with Crippen LogP contribution in [0.1, 0.15) is 15.9 Å². The predicted octanol–water partition coefficient (Wildman–Crippen LogP) is 3.30. The van der Waals surface area contributed by atoms with Gasteiger partial charge < -0.3 is 5.32 Å². The van der Waals surface area contributed by atoms with Crippen molar-refractivity contribution in [2.24, 2.45) is 0 Å². The molecule has 0 saturated heterocycles. The van der Waals surface area contributed by atoms with Crippen molar-refractivity contribution in [3.05, 3.63) is 59.2 Å². The van der Waals surface area contributed by atoms with E-state index in [1.54, 1.807) is 13.0 Å². The van der Waals surface area contributed by atoms with Crippen LogP contribution in [-0.2, 0) is 0 Å². The summed E-state index contributed by atoms with van der Waals surface area (Å²) in [6, 6.07) is 8.41. The highest BCUT2D eigenvalue weighted by molar-refractivity contribution is 5.94. The van der Waals surface area contributed by atoms with Crippen LogP contribution in [0, 0.1) is 18.6 Å². The average molecular weight is 261 g/mol. The summed E-state index contributed by atoms with van der Waals surface area (Å²) in [4.78, 5) is 11.4. The molecular formula is C15H13F2NO. The minimum Gasteiger partial charge on any atom is -0.355 e. The van der Waals surface area contributed by atoms with Crippen molar-refractivity contribution >= 4 is 5.91 Å². The Balaban J connectivity index is 2.49. The SMILES string of the molecule is CNC(=O)c1ccc(-c2ccc(F)cc2C)c(F)c1. The Morgan fingerprint density at radius 2 is 1.74 bits per heavy atom. The van der Waals surface area contributed by atoms with Gasteiger partial charge in [-0.15, -0.1) is 0 Å². The molecule has 0 atom stereocenters. The van der Waals surface area contributed by atoms with Crippen LogP contribution in [0.3, 0.4) is 0 Å². The summed E-state index contributed by atoms with van der Waals surface area (Å²) in [6.45, 7) is 1.71. The van der Waals surface area contributed by atoms with E-state index in [1.165, 1.54) is 37.4 Å². The number of aryl methyl sites for hydroxylation is 1. The van der Waals surface area contributed by atoms with Crippen LogP contribution in [0.4, 0.5) is 8.78 Å². The van der Waals surface area contributed by atoms with E-state index in [-0.39, 0.29) is 17.3 Å². The molecule has 0 aromatic heterocycles. The van der Waals surface area contributed by atoms with Crippen LogP contribution in [0.25, 0.3) is 11.1 Å². The topological polar surface area (TPSA) is 29.1 Å². The van der Waals surface area contributed by atoms with Gasteiger partial charge in [-0.2, -0.15) is 0 Å². The molecule has 2 rings (SSSR count). The lowest BCUT2D eigenvalue weighted by molar-refractivity contribution is 0.0962. The molecule has 2 aromatic carbocycles. The first-order chi connectivity index (χ1) is 9.02. The van der Waals surface area contributed by atoms with Gasteiger partial charge in [0.05, 0.1) is 0 Å². The van der Waals surface area contributed by atoms with Crippen LogP contribution in [0.5, 0.6) is 0 Å². The summed E-state index contributed by atoms with van der Waals surface area (Å²) in [6.07, 6.45) is 0. The summed E-state index contributed by atoms with van der Waals surface area (Å²) in [5, 5.41) is 2.43. The van der Waals surface area contributed by atoms with Crippen molar-refractivity contribution in [1.29, 1.82) is 0 Å². The highest BCUT2D eigenvalue weighted by Crippen LogP contribution is 2.27. The summed E-state index contributed by atoms with van der Waals surface area (Å²) >= 11 is 0. The minimum absolute atomic E-state index is 0.253. The van der Waals surface area contributed by atoms with Crippen LogP contribution in [0.15, 0.2) is 36.4 Å². The summed E-state index contributed by atoms with van der Waals surface area (Å²) < 4.78 is 27.1. The summed E-state index contributed by atoms with van der Waals surface area (Å²) in [5.41, 5.74) is 1.86. The number of hydrogen-bond acceptors (Lipinski definition) is 1. The lowest BCUT2D eigenvalue weighted by Gasteiger charge is -2.09. The zero-order valence-corrected chi connectivity index (χ0v) is 10.6. The molecule has 0 aliphatic rings. The van der Waals surface area contributed by atoms with Gasteiger partial charge in [0.2, 0.25) is 0 Å². The van der Waals surface area contributed by atoms with Crippen molar-refractivity contribution in [3.63, 3.8) is 0 Å². The number of halogens is 2. The Labute approximate surface area is 110 Å². The standard InChI is InChI=1S/C15H13F2NO/c1-9-7-11(16)4-6-12(9)13-5-3-10(8-14(13)17)15(19)18-2/h3-8H,1-2H3,(H,18,19). The third-order valence-corrected chi connectivity index (χ3v) is 2.94. The summed E-state index contributed by atoms with van der Waals surface area (Å²) in [5.74, 6) is -1.21. The van der Waals surface area contributed by atoms with Gasteiger partial charge in [-0.1, -0.05) is 12.1 Å². The Hall–Kier alpha value is -2.23. The van der Waals surface area contributed by atoms with E-state index >= 15 is 0 Å². The zero-order chi connectivity index (χ0) is 14.0. The van der Waals surface area contributed by atoms with Crippen molar-refractivity contribution in [1.82, 2.24) is 5.32 Å². The van der Waals surface area contributed by atoms with Crippen molar-refractivity contribution < 1.29 is 13.6 Å². The lowest BCUT2D eigenvalue weighted by atomic mass is 9.98. The molecule has 0 radical (unpaired) electrons. The smallest absolute Gasteiger partial charge is 0.251 e. The van der Waals surface area contributed by atoms with Crippen LogP contribution < -0.4 is 5.32 Å². The second-order valence-corrected chi connectivity index (χ2v) is 4.23. The molecule has 2 aromatic rings. The number of carbonyl (C=O) groups is 1. The molecule has 0 aliphatic carbocycles. The summed E-state index contributed by atoms with van der Waals surface area (Å²) in [7, 11) is 1.48. The second kappa shape index (κ2) is 5.18. The first kappa shape index (κ1) is 13.2. The highest BCUT2D eigenvalue weighted by Gasteiger charge is 2.11. The third kappa shape index (κ3) is 2.62. The fourth-order valence-electron chi connectivity index (χ4n) is 1.95. The molecule has 4 heteroatoms. The molecule has 1 amide bonds. The van der Waals surface area contributed by atoms with Crippen molar-refractivity contribution in [2.75, 3.05) is 7.05 Å². The van der Waals surface area contributed by atoms with Crippen LogP contribution in [0.2, 0.25) is 0 Å². The maximum absolute atomic E-state index is 14.0. The molecule has 1 N–H and O–H groups in total. The van der Waals surface area contributed by atoms with Crippen molar-refractivity contribution in [3.8, 4) is 11.1 Å². The van der Waals surface area contributed by atoms with Gasteiger partial charge in [0.1, 0.15) is 11.6 Å². The van der Waals surface area contributed by atoms with Crippen LogP contribution >= 0.6 is 0 Å². The normalized spacial score (nSPS) is 10.3. The van der Waals surface area contributed by atoms with E-state index in [9.17, 15) is 13.6 Å². The molecule has 2 nitrogen and oxygen atoms in total. The maximum atomic E-state index is 14.0. The van der Waals surface area contributed by atoms with Gasteiger partial charge in [0.15, 0.2) is 0 Å². The molecule has 98 valence electrons. The zero-order valence-electron chi connectivity index (χ0n) is 10.6. The number of nitrogens with one attached hydrogen (secondary N) is 1. The lowest BCUT2D eigenvalue weighted by Crippen LogP contribution is -2.17. The molecule has 0 spiro atoms. The molecule has 0 aliphatic heterocycles. The third-order valence-electron chi connectivity index (χ3n) is 2.94. The Morgan fingerprint density at radius 3 is 2.32 bits per heavy atom. The molecular weight excluding hydrogens is 248 g/mol. The largest absolute Gasteiger partial charge is 0.355 e. The average Bonchev–Trinajstić information content (AvgIpc) is 2.38. The number of carbonyl (C=O) groups excluding carboxylic acids is 1. The highest BCUT2D eigenvalue weighted by atomic mass is 19.1. The number of hydrogen-bond donors (Lipinski definition) is 1. The van der Waals surface area contributed by atoms with Gasteiger partial charge in [-0.05, 0) is 42.3 Å².